The number of hydrogen-bond donors (Lipinski definition) is 1. The quantitative estimate of drug-likeness (QED) is 0.637. The summed E-state index contributed by atoms with van der Waals surface area (Å²) in [6.07, 6.45) is 5.85. The van der Waals surface area contributed by atoms with E-state index in [9.17, 15) is 4.79 Å². The monoisotopic (exact) mass is 255 g/mol. The van der Waals surface area contributed by atoms with E-state index in [0.29, 0.717) is 11.1 Å². The lowest BCUT2D eigenvalue weighted by Gasteiger charge is -2.04. The van der Waals surface area contributed by atoms with Gasteiger partial charge in [-0.15, -0.1) is 0 Å². The average Bonchev–Trinajstić information content (AvgIpc) is 2.48. The molecular weight excluding hydrogens is 238 g/mol. The highest BCUT2D eigenvalue weighted by Gasteiger charge is 2.09. The van der Waals surface area contributed by atoms with Crippen molar-refractivity contribution in [3.8, 4) is 0 Å². The summed E-state index contributed by atoms with van der Waals surface area (Å²) in [5, 5.41) is 8.77. The smallest absolute Gasteiger partial charge is 0.194 e. The van der Waals surface area contributed by atoms with Crippen molar-refractivity contribution in [3.63, 3.8) is 0 Å². The fraction of sp³-hybridized carbons (Fsp3) is 0.250. The summed E-state index contributed by atoms with van der Waals surface area (Å²) >= 11 is 0. The highest BCUT2D eigenvalue weighted by molar-refractivity contribution is 6.08. The number of aryl methyl sites for hydroxylation is 1. The maximum Gasteiger partial charge on any atom is 0.194 e. The van der Waals surface area contributed by atoms with Crippen LogP contribution in [-0.2, 0) is 6.42 Å². The number of hydrogen-bond acceptors (Lipinski definition) is 3. The second kappa shape index (κ2) is 6.81. The molecule has 0 saturated heterocycles. The Morgan fingerprint density at radius 3 is 2.68 bits per heavy atom. The van der Waals surface area contributed by atoms with E-state index in [1.165, 1.54) is 0 Å². The van der Waals surface area contributed by atoms with Crippen molar-refractivity contribution in [2.24, 2.45) is 0 Å². The van der Waals surface area contributed by atoms with Gasteiger partial charge < -0.3 is 5.11 Å². The Labute approximate surface area is 112 Å². The van der Waals surface area contributed by atoms with Crippen LogP contribution in [0.1, 0.15) is 34.3 Å². The maximum absolute atomic E-state index is 12.2. The van der Waals surface area contributed by atoms with E-state index >= 15 is 0 Å². The van der Waals surface area contributed by atoms with Crippen molar-refractivity contribution in [3.05, 3.63) is 65.5 Å². The van der Waals surface area contributed by atoms with Crippen molar-refractivity contribution < 1.29 is 9.90 Å². The zero-order valence-corrected chi connectivity index (χ0v) is 10.7. The van der Waals surface area contributed by atoms with Crippen molar-refractivity contribution in [1.82, 2.24) is 4.98 Å². The Kier molecular flexibility index (Phi) is 4.81. The van der Waals surface area contributed by atoms with Gasteiger partial charge in [0.2, 0.25) is 0 Å². The molecule has 0 aliphatic rings. The standard InChI is InChI=1S/C16H17NO2/c18-10-2-1-5-13-6-3-7-14(11-13)16(19)15-8-4-9-17-12-15/h3-4,6-9,11-12,18H,1-2,5,10H2. The zero-order valence-electron chi connectivity index (χ0n) is 10.7. The van der Waals surface area contributed by atoms with Gasteiger partial charge in [-0.25, -0.2) is 0 Å². The fourth-order valence-corrected chi connectivity index (χ4v) is 1.97. The van der Waals surface area contributed by atoms with Gasteiger partial charge >= 0.3 is 0 Å². The second-order valence-corrected chi connectivity index (χ2v) is 4.45. The Bertz CT molecular complexity index is 537. The van der Waals surface area contributed by atoms with Crippen LogP contribution in [0.2, 0.25) is 0 Å². The number of nitrogens with zero attached hydrogens (tertiary/aromatic N) is 1. The maximum atomic E-state index is 12.2. The third-order valence-corrected chi connectivity index (χ3v) is 2.99. The topological polar surface area (TPSA) is 50.2 Å². The van der Waals surface area contributed by atoms with Crippen LogP contribution in [0.4, 0.5) is 0 Å². The summed E-state index contributed by atoms with van der Waals surface area (Å²) in [5.74, 6) is -0.00268. The molecule has 0 fully saturated rings. The first kappa shape index (κ1) is 13.4. The SMILES string of the molecule is O=C(c1cccnc1)c1cccc(CCCCO)c1. The number of benzene rings is 1. The zero-order chi connectivity index (χ0) is 13.5. The third kappa shape index (κ3) is 3.73. The molecule has 0 aliphatic heterocycles. The summed E-state index contributed by atoms with van der Waals surface area (Å²) < 4.78 is 0. The molecule has 1 aromatic heterocycles. The molecule has 1 N–H and O–H groups in total. The van der Waals surface area contributed by atoms with Crippen LogP contribution in [0, 0.1) is 0 Å². The molecule has 19 heavy (non-hydrogen) atoms. The van der Waals surface area contributed by atoms with E-state index in [2.05, 4.69) is 4.98 Å². The molecule has 0 saturated carbocycles. The van der Waals surface area contributed by atoms with E-state index in [0.717, 1.165) is 24.8 Å². The second-order valence-electron chi connectivity index (χ2n) is 4.45. The molecule has 0 spiro atoms. The van der Waals surface area contributed by atoms with Crippen molar-refractivity contribution >= 4 is 5.78 Å². The van der Waals surface area contributed by atoms with Crippen LogP contribution >= 0.6 is 0 Å². The number of carbonyl (C=O) groups excluding carboxylic acids is 1. The largest absolute Gasteiger partial charge is 0.396 e. The number of pyridine rings is 1. The molecule has 0 aliphatic carbocycles. The molecule has 1 heterocycles. The molecule has 0 atom stereocenters. The minimum Gasteiger partial charge on any atom is -0.396 e. The number of aromatic nitrogens is 1. The predicted molar refractivity (Wildman–Crippen MR) is 74.1 cm³/mol. The number of carbonyl (C=O) groups is 1. The highest BCUT2D eigenvalue weighted by atomic mass is 16.2. The van der Waals surface area contributed by atoms with E-state index in [1.54, 1.807) is 24.5 Å². The number of aliphatic hydroxyl groups excluding tert-OH is 1. The van der Waals surface area contributed by atoms with Gasteiger partial charge in [0.15, 0.2) is 5.78 Å². The van der Waals surface area contributed by atoms with Crippen LogP contribution in [-0.4, -0.2) is 22.5 Å². The van der Waals surface area contributed by atoms with Gasteiger partial charge in [0.25, 0.3) is 0 Å². The van der Waals surface area contributed by atoms with Gasteiger partial charge in [0.1, 0.15) is 0 Å². The highest BCUT2D eigenvalue weighted by Crippen LogP contribution is 2.13. The lowest BCUT2D eigenvalue weighted by molar-refractivity contribution is 0.103. The minimum absolute atomic E-state index is 0.00268. The normalized spacial score (nSPS) is 10.4. The number of unbranched alkanes of at least 4 members (excludes halogenated alkanes) is 1. The van der Waals surface area contributed by atoms with Gasteiger partial charge in [-0.1, -0.05) is 18.2 Å². The van der Waals surface area contributed by atoms with Crippen molar-refractivity contribution in [1.29, 1.82) is 0 Å². The van der Waals surface area contributed by atoms with E-state index < -0.39 is 0 Å². The van der Waals surface area contributed by atoms with Crippen LogP contribution in [0.15, 0.2) is 48.8 Å². The van der Waals surface area contributed by atoms with Crippen LogP contribution in [0.3, 0.4) is 0 Å². The van der Waals surface area contributed by atoms with Gasteiger partial charge in [0, 0.05) is 30.1 Å². The molecule has 0 bridgehead atoms. The van der Waals surface area contributed by atoms with E-state index in [4.69, 9.17) is 5.11 Å². The Morgan fingerprint density at radius 2 is 1.95 bits per heavy atom. The molecule has 0 radical (unpaired) electrons. The number of rotatable bonds is 6. The van der Waals surface area contributed by atoms with Gasteiger partial charge in [-0.2, -0.15) is 0 Å². The first-order chi connectivity index (χ1) is 9.31. The molecule has 2 aromatic rings. The lowest BCUT2D eigenvalue weighted by atomic mass is 10.0. The van der Waals surface area contributed by atoms with E-state index in [-0.39, 0.29) is 12.4 Å². The number of aliphatic hydroxyl groups is 1. The van der Waals surface area contributed by atoms with Gasteiger partial charge in [0.05, 0.1) is 0 Å². The molecule has 0 unspecified atom stereocenters. The first-order valence-electron chi connectivity index (χ1n) is 6.46. The Balaban J connectivity index is 2.12. The van der Waals surface area contributed by atoms with Crippen molar-refractivity contribution in [2.75, 3.05) is 6.61 Å². The van der Waals surface area contributed by atoms with Gasteiger partial charge in [-0.05, 0) is 43.0 Å². The summed E-state index contributed by atoms with van der Waals surface area (Å²) in [7, 11) is 0. The minimum atomic E-state index is -0.00268. The molecule has 3 heteroatoms. The van der Waals surface area contributed by atoms with Gasteiger partial charge in [-0.3, -0.25) is 9.78 Å². The van der Waals surface area contributed by atoms with E-state index in [1.807, 2.05) is 24.3 Å². The molecule has 1 aromatic carbocycles. The summed E-state index contributed by atoms with van der Waals surface area (Å²) in [5.41, 5.74) is 2.42. The van der Waals surface area contributed by atoms with Crippen LogP contribution in [0.25, 0.3) is 0 Å². The van der Waals surface area contributed by atoms with Crippen molar-refractivity contribution in [2.45, 2.75) is 19.3 Å². The predicted octanol–water partition coefficient (Wildman–Crippen LogP) is 2.63. The molecule has 0 amide bonds. The Hall–Kier alpha value is -2.00. The molecule has 98 valence electrons. The Morgan fingerprint density at radius 1 is 1.11 bits per heavy atom. The molecule has 2 rings (SSSR count). The summed E-state index contributed by atoms with van der Waals surface area (Å²) in [4.78, 5) is 16.2. The lowest BCUT2D eigenvalue weighted by Crippen LogP contribution is -2.02. The van der Waals surface area contributed by atoms with Crippen LogP contribution in [0.5, 0.6) is 0 Å². The fourth-order valence-electron chi connectivity index (χ4n) is 1.97. The number of ketones is 1. The third-order valence-electron chi connectivity index (χ3n) is 2.99. The molecular formula is C16H17NO2. The summed E-state index contributed by atoms with van der Waals surface area (Å²) in [6.45, 7) is 0.217. The van der Waals surface area contributed by atoms with Crippen LogP contribution < -0.4 is 0 Å². The first-order valence-corrected chi connectivity index (χ1v) is 6.46. The average molecular weight is 255 g/mol. The summed E-state index contributed by atoms with van der Waals surface area (Å²) in [6, 6.07) is 11.2. The molecule has 3 nitrogen and oxygen atoms in total.